The number of halogens is 1. The first-order valence-corrected chi connectivity index (χ1v) is 13.0. The third kappa shape index (κ3) is 7.19. The molecule has 2 rings (SSSR count). The van der Waals surface area contributed by atoms with Gasteiger partial charge in [0.1, 0.15) is 12.6 Å². The molecule has 1 atom stereocenters. The quantitative estimate of drug-likeness (QED) is 0.476. The van der Waals surface area contributed by atoms with Crippen LogP contribution >= 0.6 is 11.6 Å². The molecule has 186 valence electrons. The molecule has 0 saturated heterocycles. The van der Waals surface area contributed by atoms with Gasteiger partial charge in [-0.15, -0.1) is 0 Å². The molecule has 0 aliphatic rings. The fraction of sp³-hybridized carbons (Fsp3) is 0.417. The lowest BCUT2D eigenvalue weighted by atomic mass is 10.1. The van der Waals surface area contributed by atoms with Gasteiger partial charge < -0.3 is 10.2 Å². The summed E-state index contributed by atoms with van der Waals surface area (Å²) in [6, 6.07) is 14.7. The van der Waals surface area contributed by atoms with Crippen molar-refractivity contribution in [2.45, 2.75) is 39.3 Å². The summed E-state index contributed by atoms with van der Waals surface area (Å²) in [5, 5.41) is 3.41. The lowest BCUT2D eigenvalue weighted by Gasteiger charge is -2.33. The van der Waals surface area contributed by atoms with E-state index in [1.165, 1.54) is 19.0 Å². The van der Waals surface area contributed by atoms with Gasteiger partial charge in [0.25, 0.3) is 0 Å². The summed E-state index contributed by atoms with van der Waals surface area (Å²) in [5.74, 6) is -0.754. The normalized spacial score (nSPS) is 12.3. The Kier molecular flexibility index (Phi) is 10.3. The first kappa shape index (κ1) is 27.6. The second-order valence-corrected chi connectivity index (χ2v) is 10.5. The fourth-order valence-corrected chi connectivity index (χ4v) is 4.57. The number of carbonyl (C=O) groups is 2. The zero-order valence-corrected chi connectivity index (χ0v) is 21.6. The van der Waals surface area contributed by atoms with Gasteiger partial charge in [-0.25, -0.2) is 4.31 Å². The van der Waals surface area contributed by atoms with Crippen LogP contribution in [0.5, 0.6) is 0 Å². The maximum absolute atomic E-state index is 13.6. The molecule has 0 spiro atoms. The molecule has 1 N–H and O–H groups in total. The zero-order chi connectivity index (χ0) is 25.3. The Bertz CT molecular complexity index is 1050. The summed E-state index contributed by atoms with van der Waals surface area (Å²) in [4.78, 5) is 28.0. The Morgan fingerprint density at radius 1 is 1.00 bits per heavy atom. The molecule has 0 aliphatic heterocycles. The number of anilines is 1. The van der Waals surface area contributed by atoms with E-state index in [0.717, 1.165) is 20.6 Å². The lowest BCUT2D eigenvalue weighted by Crippen LogP contribution is -2.53. The van der Waals surface area contributed by atoms with Crippen molar-refractivity contribution in [1.29, 1.82) is 0 Å². The van der Waals surface area contributed by atoms with Gasteiger partial charge in [0.15, 0.2) is 0 Å². The molecule has 0 aromatic heterocycles. The molecule has 34 heavy (non-hydrogen) atoms. The smallest absolute Gasteiger partial charge is 0.304 e. The molecule has 0 bridgehead atoms. The van der Waals surface area contributed by atoms with E-state index in [0.29, 0.717) is 23.7 Å². The molecular formula is C24H33ClN4O4S. The molecule has 2 amide bonds. The van der Waals surface area contributed by atoms with E-state index in [2.05, 4.69) is 5.32 Å². The molecule has 0 unspecified atom stereocenters. The van der Waals surface area contributed by atoms with Crippen molar-refractivity contribution in [3.8, 4) is 0 Å². The van der Waals surface area contributed by atoms with E-state index in [9.17, 15) is 18.0 Å². The number of nitrogens with zero attached hydrogens (tertiary/aromatic N) is 3. The second-order valence-electron chi connectivity index (χ2n) is 8.00. The molecule has 0 saturated carbocycles. The van der Waals surface area contributed by atoms with E-state index >= 15 is 0 Å². The van der Waals surface area contributed by atoms with Crippen LogP contribution in [0.2, 0.25) is 5.02 Å². The van der Waals surface area contributed by atoms with E-state index in [1.807, 2.05) is 13.8 Å². The summed E-state index contributed by atoms with van der Waals surface area (Å²) in [6.45, 7) is 3.95. The molecule has 2 aromatic carbocycles. The molecule has 2 aromatic rings. The summed E-state index contributed by atoms with van der Waals surface area (Å²) >= 11 is 6.00. The number of carbonyl (C=O) groups excluding carboxylic acids is 2. The van der Waals surface area contributed by atoms with Gasteiger partial charge in [0.2, 0.25) is 11.8 Å². The van der Waals surface area contributed by atoms with Crippen molar-refractivity contribution in [3.05, 3.63) is 65.2 Å². The van der Waals surface area contributed by atoms with Gasteiger partial charge >= 0.3 is 10.2 Å². The Morgan fingerprint density at radius 3 is 2.15 bits per heavy atom. The number of hydrogen-bond donors (Lipinski definition) is 1. The summed E-state index contributed by atoms with van der Waals surface area (Å²) in [6.07, 6.45) is 1.14. The maximum Gasteiger partial charge on any atom is 0.304 e. The minimum atomic E-state index is -3.96. The van der Waals surface area contributed by atoms with Crippen molar-refractivity contribution in [1.82, 2.24) is 14.5 Å². The van der Waals surface area contributed by atoms with Gasteiger partial charge in [-0.05, 0) is 42.7 Å². The Morgan fingerprint density at radius 2 is 1.62 bits per heavy atom. The van der Waals surface area contributed by atoms with Crippen LogP contribution < -0.4 is 9.62 Å². The topological polar surface area (TPSA) is 90.0 Å². The number of hydrogen-bond acceptors (Lipinski definition) is 4. The average Bonchev–Trinajstić information content (AvgIpc) is 2.82. The summed E-state index contributed by atoms with van der Waals surface area (Å²) in [7, 11) is -1.14. The largest absolute Gasteiger partial charge is 0.354 e. The van der Waals surface area contributed by atoms with Crippen LogP contribution in [0.3, 0.4) is 0 Å². The first-order chi connectivity index (χ1) is 16.1. The highest BCUT2D eigenvalue weighted by Crippen LogP contribution is 2.21. The molecule has 0 fully saturated rings. The molecule has 10 heteroatoms. The van der Waals surface area contributed by atoms with E-state index in [-0.39, 0.29) is 12.5 Å². The third-order valence-corrected chi connectivity index (χ3v) is 7.34. The monoisotopic (exact) mass is 508 g/mol. The van der Waals surface area contributed by atoms with Gasteiger partial charge in [-0.3, -0.25) is 9.59 Å². The number of para-hydroxylation sites is 1. The van der Waals surface area contributed by atoms with Gasteiger partial charge in [-0.1, -0.05) is 55.8 Å². The third-order valence-electron chi connectivity index (χ3n) is 5.26. The minimum Gasteiger partial charge on any atom is -0.354 e. The van der Waals surface area contributed by atoms with E-state index < -0.39 is 28.7 Å². The number of benzene rings is 2. The van der Waals surface area contributed by atoms with Crippen LogP contribution in [0.4, 0.5) is 5.69 Å². The number of nitrogens with one attached hydrogen (secondary N) is 1. The predicted molar refractivity (Wildman–Crippen MR) is 136 cm³/mol. The first-order valence-electron chi connectivity index (χ1n) is 11.2. The van der Waals surface area contributed by atoms with E-state index in [1.54, 1.807) is 54.6 Å². The van der Waals surface area contributed by atoms with Crippen LogP contribution in [-0.2, 0) is 26.3 Å². The summed E-state index contributed by atoms with van der Waals surface area (Å²) < 4.78 is 28.3. The van der Waals surface area contributed by atoms with E-state index in [4.69, 9.17) is 11.6 Å². The summed E-state index contributed by atoms with van der Waals surface area (Å²) in [5.41, 5.74) is 1.14. The Balaban J connectivity index is 2.44. The predicted octanol–water partition coefficient (Wildman–Crippen LogP) is 3.29. The maximum atomic E-state index is 13.6. The van der Waals surface area contributed by atoms with Crippen LogP contribution in [0, 0.1) is 0 Å². The minimum absolute atomic E-state index is 0.138. The molecular weight excluding hydrogens is 476 g/mol. The van der Waals surface area contributed by atoms with Crippen molar-refractivity contribution < 1.29 is 18.0 Å². The average molecular weight is 509 g/mol. The molecule has 0 radical (unpaired) electrons. The van der Waals surface area contributed by atoms with Crippen molar-refractivity contribution in [2.24, 2.45) is 0 Å². The fourth-order valence-electron chi connectivity index (χ4n) is 3.38. The molecule has 0 heterocycles. The van der Waals surface area contributed by atoms with Crippen LogP contribution in [0.25, 0.3) is 0 Å². The number of amides is 2. The Labute approximate surface area is 207 Å². The van der Waals surface area contributed by atoms with Crippen LogP contribution in [0.1, 0.15) is 32.3 Å². The van der Waals surface area contributed by atoms with Crippen LogP contribution in [0.15, 0.2) is 54.6 Å². The highest BCUT2D eigenvalue weighted by Gasteiger charge is 2.33. The van der Waals surface area contributed by atoms with Gasteiger partial charge in [-0.2, -0.15) is 12.7 Å². The van der Waals surface area contributed by atoms with Crippen molar-refractivity contribution >= 4 is 39.3 Å². The van der Waals surface area contributed by atoms with Gasteiger partial charge in [0, 0.05) is 32.2 Å². The highest BCUT2D eigenvalue weighted by molar-refractivity contribution is 7.90. The SMILES string of the molecule is CCCNC(=O)[C@H](CC)N(Cc1ccc(Cl)cc1)C(=O)CN(c1ccccc1)S(=O)(=O)N(C)C. The van der Waals surface area contributed by atoms with Crippen LogP contribution in [-0.4, -0.2) is 62.7 Å². The molecule has 0 aliphatic carbocycles. The second kappa shape index (κ2) is 12.7. The number of rotatable bonds is 12. The van der Waals surface area contributed by atoms with Crippen molar-refractivity contribution in [2.75, 3.05) is 31.5 Å². The van der Waals surface area contributed by atoms with Crippen molar-refractivity contribution in [3.63, 3.8) is 0 Å². The highest BCUT2D eigenvalue weighted by atomic mass is 35.5. The molecule has 8 nitrogen and oxygen atoms in total. The Hall–Kier alpha value is -2.62. The van der Waals surface area contributed by atoms with Gasteiger partial charge in [0.05, 0.1) is 5.69 Å². The lowest BCUT2D eigenvalue weighted by molar-refractivity contribution is -0.140. The standard InChI is InChI=1S/C24H33ClN4O4S/c1-5-16-26-24(31)22(6-2)28(17-19-12-14-20(25)15-13-19)23(30)18-29(34(32,33)27(3)4)21-10-8-7-9-11-21/h7-15,22H,5-6,16-18H2,1-4H3,(H,26,31)/t22-/m0/s1. The zero-order valence-electron chi connectivity index (χ0n) is 20.1.